The Morgan fingerprint density at radius 2 is 1.88 bits per heavy atom. The number of carboxylic acids is 1. The van der Waals surface area contributed by atoms with E-state index in [2.05, 4.69) is 6.92 Å². The summed E-state index contributed by atoms with van der Waals surface area (Å²) >= 11 is 0. The molecule has 1 amide bonds. The van der Waals surface area contributed by atoms with Crippen molar-refractivity contribution >= 4 is 11.9 Å². The van der Waals surface area contributed by atoms with Gasteiger partial charge in [0, 0.05) is 5.56 Å². The highest BCUT2D eigenvalue weighted by Gasteiger charge is 2.53. The van der Waals surface area contributed by atoms with E-state index in [0.717, 1.165) is 12.8 Å². The highest BCUT2D eigenvalue weighted by atomic mass is 16.5. The van der Waals surface area contributed by atoms with Crippen molar-refractivity contribution in [2.24, 2.45) is 5.92 Å². The van der Waals surface area contributed by atoms with Crippen LogP contribution in [-0.4, -0.2) is 47.4 Å². The van der Waals surface area contributed by atoms with Crippen molar-refractivity contribution in [2.75, 3.05) is 13.7 Å². The number of nitrogens with zero attached hydrogens (tertiary/aromatic N) is 1. The van der Waals surface area contributed by atoms with Crippen LogP contribution in [0.4, 0.5) is 0 Å². The smallest absolute Gasteiger partial charge is 0.328 e. The van der Waals surface area contributed by atoms with Crippen LogP contribution in [0.1, 0.15) is 43.0 Å². The number of benzene rings is 1. The normalized spacial score (nSPS) is 29.7. The molecule has 1 saturated heterocycles. The number of ether oxygens (including phenoxy) is 2. The molecule has 1 aromatic carbocycles. The molecule has 130 valence electrons. The number of amides is 1. The van der Waals surface area contributed by atoms with Gasteiger partial charge in [0.05, 0.1) is 13.7 Å². The van der Waals surface area contributed by atoms with Crippen molar-refractivity contribution < 1.29 is 24.2 Å². The summed E-state index contributed by atoms with van der Waals surface area (Å²) in [7, 11) is 1.56. The molecule has 24 heavy (non-hydrogen) atoms. The average Bonchev–Trinajstić information content (AvgIpc) is 2.96. The molecule has 1 N–H and O–H groups in total. The van der Waals surface area contributed by atoms with Gasteiger partial charge in [0.2, 0.25) is 0 Å². The Bertz CT molecular complexity index is 619. The highest BCUT2D eigenvalue weighted by Crippen LogP contribution is 2.43. The van der Waals surface area contributed by atoms with Crippen LogP contribution in [0.25, 0.3) is 0 Å². The number of methoxy groups -OCH3 is 1. The standard InChI is InChI=1S/C18H23NO5/c1-12-7-9-18(10-8-12)19(15(11-24-18)17(21)22)16(20)13-3-5-14(23-2)6-4-13/h3-6,12,15H,7-11H2,1-2H3,(H,21,22)/t12?,15-,18?/m0/s1. The van der Waals surface area contributed by atoms with E-state index in [1.54, 1.807) is 31.4 Å². The maximum atomic E-state index is 13.1. The van der Waals surface area contributed by atoms with E-state index in [-0.39, 0.29) is 12.5 Å². The summed E-state index contributed by atoms with van der Waals surface area (Å²) in [6.07, 6.45) is 3.22. The van der Waals surface area contributed by atoms with Gasteiger partial charge < -0.3 is 14.6 Å². The van der Waals surface area contributed by atoms with Gasteiger partial charge >= 0.3 is 5.97 Å². The van der Waals surface area contributed by atoms with Crippen LogP contribution in [0, 0.1) is 5.92 Å². The van der Waals surface area contributed by atoms with Crippen LogP contribution in [0.2, 0.25) is 0 Å². The first-order chi connectivity index (χ1) is 11.5. The lowest BCUT2D eigenvalue weighted by molar-refractivity contribution is -0.143. The quantitative estimate of drug-likeness (QED) is 0.920. The molecule has 1 aliphatic carbocycles. The van der Waals surface area contributed by atoms with Gasteiger partial charge in [-0.2, -0.15) is 0 Å². The lowest BCUT2D eigenvalue weighted by atomic mass is 9.83. The highest BCUT2D eigenvalue weighted by molar-refractivity contribution is 5.97. The molecule has 1 aromatic rings. The molecule has 0 radical (unpaired) electrons. The monoisotopic (exact) mass is 333 g/mol. The fourth-order valence-electron chi connectivity index (χ4n) is 3.64. The fourth-order valence-corrected chi connectivity index (χ4v) is 3.64. The first-order valence-corrected chi connectivity index (χ1v) is 8.31. The van der Waals surface area contributed by atoms with Gasteiger partial charge in [-0.05, 0) is 55.9 Å². The molecule has 1 atom stereocenters. The van der Waals surface area contributed by atoms with E-state index in [4.69, 9.17) is 9.47 Å². The number of rotatable bonds is 3. The minimum Gasteiger partial charge on any atom is -0.497 e. The second-order valence-corrected chi connectivity index (χ2v) is 6.70. The number of aliphatic carboxylic acids is 1. The van der Waals surface area contributed by atoms with Gasteiger partial charge in [-0.3, -0.25) is 9.69 Å². The third-order valence-corrected chi connectivity index (χ3v) is 5.16. The molecule has 0 unspecified atom stereocenters. The van der Waals surface area contributed by atoms with Crippen molar-refractivity contribution in [3.05, 3.63) is 29.8 Å². The summed E-state index contributed by atoms with van der Waals surface area (Å²) < 4.78 is 11.0. The third-order valence-electron chi connectivity index (χ3n) is 5.16. The van der Waals surface area contributed by atoms with Crippen LogP contribution in [0.3, 0.4) is 0 Å². The lowest BCUT2D eigenvalue weighted by Crippen LogP contribution is -2.55. The Labute approximate surface area is 141 Å². The minimum atomic E-state index is -1.02. The molecule has 6 nitrogen and oxygen atoms in total. The Morgan fingerprint density at radius 1 is 1.25 bits per heavy atom. The largest absolute Gasteiger partial charge is 0.497 e. The number of hydrogen-bond acceptors (Lipinski definition) is 4. The van der Waals surface area contributed by atoms with Gasteiger partial charge in [-0.25, -0.2) is 4.79 Å². The molecule has 6 heteroatoms. The number of hydrogen-bond donors (Lipinski definition) is 1. The predicted octanol–water partition coefficient (Wildman–Crippen LogP) is 2.53. The Morgan fingerprint density at radius 3 is 2.42 bits per heavy atom. The lowest BCUT2D eigenvalue weighted by Gasteiger charge is -2.42. The number of carboxylic acid groups (broad SMARTS) is 1. The molecule has 2 aliphatic rings. The van der Waals surface area contributed by atoms with Gasteiger partial charge in [0.15, 0.2) is 6.04 Å². The Kier molecular flexibility index (Phi) is 4.49. The zero-order valence-corrected chi connectivity index (χ0v) is 14.0. The first-order valence-electron chi connectivity index (χ1n) is 8.31. The SMILES string of the molecule is COc1ccc(C(=O)N2[C@H](C(=O)O)COC23CCC(C)CC3)cc1. The van der Waals surface area contributed by atoms with Crippen molar-refractivity contribution in [3.63, 3.8) is 0 Å². The van der Waals surface area contributed by atoms with Gasteiger partial charge in [0.25, 0.3) is 5.91 Å². The van der Waals surface area contributed by atoms with E-state index in [1.807, 2.05) is 0 Å². The molecular weight excluding hydrogens is 310 g/mol. The Hall–Kier alpha value is -2.08. The van der Waals surface area contributed by atoms with Crippen LogP contribution in [-0.2, 0) is 9.53 Å². The zero-order valence-electron chi connectivity index (χ0n) is 14.0. The van der Waals surface area contributed by atoms with E-state index < -0.39 is 17.7 Å². The predicted molar refractivity (Wildman–Crippen MR) is 86.9 cm³/mol. The molecular formula is C18H23NO5. The molecule has 0 bridgehead atoms. The van der Waals surface area contributed by atoms with Crippen LogP contribution in [0.15, 0.2) is 24.3 Å². The first kappa shape index (κ1) is 16.8. The van der Waals surface area contributed by atoms with Crippen LogP contribution < -0.4 is 4.74 Å². The van der Waals surface area contributed by atoms with Crippen molar-refractivity contribution in [1.29, 1.82) is 0 Å². The third kappa shape index (κ3) is 2.86. The van der Waals surface area contributed by atoms with Crippen LogP contribution >= 0.6 is 0 Å². The number of carbonyl (C=O) groups is 2. The topological polar surface area (TPSA) is 76.1 Å². The summed E-state index contributed by atoms with van der Waals surface area (Å²) in [6, 6.07) is 5.80. The van der Waals surface area contributed by atoms with E-state index >= 15 is 0 Å². The summed E-state index contributed by atoms with van der Waals surface area (Å²) in [5.41, 5.74) is -0.336. The van der Waals surface area contributed by atoms with Gasteiger partial charge in [-0.1, -0.05) is 6.92 Å². The average molecular weight is 333 g/mol. The molecule has 0 aromatic heterocycles. The maximum absolute atomic E-state index is 13.1. The van der Waals surface area contributed by atoms with E-state index in [0.29, 0.717) is 30.1 Å². The summed E-state index contributed by atoms with van der Waals surface area (Å²) in [5, 5.41) is 9.53. The second-order valence-electron chi connectivity index (χ2n) is 6.70. The van der Waals surface area contributed by atoms with Gasteiger partial charge in [0.1, 0.15) is 11.5 Å². The van der Waals surface area contributed by atoms with Crippen molar-refractivity contribution in [3.8, 4) is 5.75 Å². The summed E-state index contributed by atoms with van der Waals surface area (Å²) in [4.78, 5) is 26.2. The van der Waals surface area contributed by atoms with E-state index in [1.165, 1.54) is 4.90 Å². The molecule has 3 rings (SSSR count). The molecule has 1 heterocycles. The zero-order chi connectivity index (χ0) is 17.3. The summed E-state index contributed by atoms with van der Waals surface area (Å²) in [5.74, 6) is -0.0919. The van der Waals surface area contributed by atoms with Crippen LogP contribution in [0.5, 0.6) is 5.75 Å². The fraction of sp³-hybridized carbons (Fsp3) is 0.556. The number of carbonyl (C=O) groups excluding carboxylic acids is 1. The van der Waals surface area contributed by atoms with Crippen molar-refractivity contribution in [2.45, 2.75) is 44.4 Å². The minimum absolute atomic E-state index is 0.0472. The second kappa shape index (κ2) is 6.43. The molecule has 1 spiro atoms. The molecule has 1 saturated carbocycles. The Balaban J connectivity index is 1.92. The maximum Gasteiger partial charge on any atom is 0.328 e. The molecule has 2 fully saturated rings. The summed E-state index contributed by atoms with van der Waals surface area (Å²) in [6.45, 7) is 2.22. The van der Waals surface area contributed by atoms with Gasteiger partial charge in [-0.15, -0.1) is 0 Å². The molecule has 1 aliphatic heterocycles. The van der Waals surface area contributed by atoms with Crippen molar-refractivity contribution in [1.82, 2.24) is 4.90 Å². The van der Waals surface area contributed by atoms with E-state index in [9.17, 15) is 14.7 Å².